The highest BCUT2D eigenvalue weighted by atomic mass is 32.2. The van der Waals surface area contributed by atoms with Crippen LogP contribution in [0.2, 0.25) is 0 Å². The predicted octanol–water partition coefficient (Wildman–Crippen LogP) is 5.14. The van der Waals surface area contributed by atoms with Crippen molar-refractivity contribution >= 4 is 20.2 Å². The molecule has 4 rings (SSSR count). The molecule has 0 saturated heterocycles. The maximum Gasteiger partial charge on any atom is 0.303 e. The third kappa shape index (κ3) is 5.83. The van der Waals surface area contributed by atoms with Crippen molar-refractivity contribution in [1.29, 1.82) is 0 Å². The molecule has 0 N–H and O–H groups in total. The van der Waals surface area contributed by atoms with Crippen LogP contribution >= 0.6 is 0 Å². The minimum atomic E-state index is -5.69. The van der Waals surface area contributed by atoms with E-state index in [0.717, 1.165) is 0 Å². The molecule has 0 fully saturated rings. The molecule has 0 saturated carbocycles. The molecule has 3 aromatic rings. The van der Waals surface area contributed by atoms with Gasteiger partial charge in [-0.05, 0) is 12.1 Å². The van der Waals surface area contributed by atoms with E-state index in [4.69, 9.17) is 9.47 Å². The third-order valence-electron chi connectivity index (χ3n) is 5.72. The standard InChI is InChI=1S/C23H12F10O8S2/c24-11-13(26)17(30)21(18(31)14(11)27)42(34,35)38-7-5-23(40-9-3-1-2-4-10(9)41-23)6-8-39-43(36,37)22-19(32)15(28)12(25)16(29)20(22)33/h1-4H,5-8H2. The van der Waals surface area contributed by atoms with Gasteiger partial charge in [-0.25, -0.2) is 43.9 Å². The lowest BCUT2D eigenvalue weighted by atomic mass is 10.1. The third-order valence-corrected chi connectivity index (χ3v) is 8.39. The molecule has 43 heavy (non-hydrogen) atoms. The molecule has 0 unspecified atom stereocenters. The number of fused-ring (bicyclic) bond motifs is 1. The van der Waals surface area contributed by atoms with Crippen molar-refractivity contribution in [2.45, 2.75) is 28.4 Å². The normalized spacial score (nSPS) is 14.4. The number of hydrogen-bond acceptors (Lipinski definition) is 8. The van der Waals surface area contributed by atoms with Crippen LogP contribution in [0.5, 0.6) is 11.5 Å². The molecule has 0 radical (unpaired) electrons. The van der Waals surface area contributed by atoms with Crippen LogP contribution in [0.1, 0.15) is 12.8 Å². The summed E-state index contributed by atoms with van der Waals surface area (Å²) in [6.45, 7) is -2.36. The molecule has 1 heterocycles. The summed E-state index contributed by atoms with van der Waals surface area (Å²) in [6.07, 6.45) is -1.63. The highest BCUT2D eigenvalue weighted by molar-refractivity contribution is 7.87. The second-order valence-electron chi connectivity index (χ2n) is 8.41. The molecule has 0 bridgehead atoms. The van der Waals surface area contributed by atoms with Gasteiger partial charge in [0.05, 0.1) is 13.2 Å². The van der Waals surface area contributed by atoms with Crippen LogP contribution in [-0.2, 0) is 28.6 Å². The lowest BCUT2D eigenvalue weighted by Crippen LogP contribution is -2.41. The van der Waals surface area contributed by atoms with Crippen molar-refractivity contribution in [2.75, 3.05) is 13.2 Å². The fourth-order valence-corrected chi connectivity index (χ4v) is 5.79. The Morgan fingerprint density at radius 2 is 0.791 bits per heavy atom. The highest BCUT2D eigenvalue weighted by Gasteiger charge is 2.43. The topological polar surface area (TPSA) is 105 Å². The number of halogens is 10. The fraction of sp³-hybridized carbons (Fsp3) is 0.217. The molecule has 1 aliphatic heterocycles. The molecular formula is C23H12F10O8S2. The molecule has 3 aromatic carbocycles. The summed E-state index contributed by atoms with van der Waals surface area (Å²) in [4.78, 5) is -4.63. The average Bonchev–Trinajstić information content (AvgIpc) is 3.30. The highest BCUT2D eigenvalue weighted by Crippen LogP contribution is 2.42. The Bertz CT molecular complexity index is 1640. The van der Waals surface area contributed by atoms with E-state index in [2.05, 4.69) is 8.37 Å². The summed E-state index contributed by atoms with van der Waals surface area (Å²) in [7, 11) is -11.4. The van der Waals surface area contributed by atoms with E-state index >= 15 is 0 Å². The Labute approximate surface area is 234 Å². The van der Waals surface area contributed by atoms with Gasteiger partial charge in [-0.2, -0.15) is 16.8 Å². The van der Waals surface area contributed by atoms with Crippen LogP contribution in [0.25, 0.3) is 0 Å². The Hall–Kier alpha value is -3.62. The molecule has 8 nitrogen and oxygen atoms in total. The summed E-state index contributed by atoms with van der Waals surface area (Å²) in [5, 5.41) is 0. The van der Waals surface area contributed by atoms with Gasteiger partial charge in [0.15, 0.2) is 67.8 Å². The van der Waals surface area contributed by atoms with Gasteiger partial charge in [0.1, 0.15) is 0 Å². The lowest BCUT2D eigenvalue weighted by molar-refractivity contribution is -0.103. The summed E-state index contributed by atoms with van der Waals surface area (Å²) in [6, 6.07) is 5.45. The first-order valence-electron chi connectivity index (χ1n) is 11.2. The van der Waals surface area contributed by atoms with E-state index in [1.165, 1.54) is 24.3 Å². The minimum Gasteiger partial charge on any atom is -0.448 e. The summed E-state index contributed by atoms with van der Waals surface area (Å²) in [5.41, 5.74) is 0. The van der Waals surface area contributed by atoms with Gasteiger partial charge in [-0.1, -0.05) is 12.1 Å². The molecule has 234 valence electrons. The van der Waals surface area contributed by atoms with Crippen LogP contribution in [0.15, 0.2) is 34.1 Å². The van der Waals surface area contributed by atoms with Gasteiger partial charge in [-0.15, -0.1) is 0 Å². The molecule has 0 aliphatic carbocycles. The van der Waals surface area contributed by atoms with Crippen molar-refractivity contribution in [1.82, 2.24) is 0 Å². The summed E-state index contributed by atoms with van der Waals surface area (Å²) >= 11 is 0. The van der Waals surface area contributed by atoms with E-state index in [1.54, 1.807) is 0 Å². The molecular weight excluding hydrogens is 658 g/mol. The Kier molecular flexibility index (Phi) is 8.61. The second-order valence-corrected chi connectivity index (χ2v) is 11.5. The Morgan fingerprint density at radius 3 is 1.09 bits per heavy atom. The summed E-state index contributed by atoms with van der Waals surface area (Å²) < 4.78 is 206. The first-order valence-corrected chi connectivity index (χ1v) is 14.0. The largest absolute Gasteiger partial charge is 0.448 e. The van der Waals surface area contributed by atoms with Gasteiger partial charge in [0, 0.05) is 12.8 Å². The Morgan fingerprint density at radius 1 is 0.512 bits per heavy atom. The number of benzene rings is 3. The van der Waals surface area contributed by atoms with Crippen LogP contribution in [-0.4, -0.2) is 35.8 Å². The maximum atomic E-state index is 14.0. The van der Waals surface area contributed by atoms with E-state index in [0.29, 0.717) is 0 Å². The van der Waals surface area contributed by atoms with Crippen molar-refractivity contribution in [3.63, 3.8) is 0 Å². The first kappa shape index (κ1) is 32.3. The van der Waals surface area contributed by atoms with E-state index in [9.17, 15) is 60.7 Å². The van der Waals surface area contributed by atoms with Crippen molar-refractivity contribution < 1.29 is 78.6 Å². The zero-order valence-corrected chi connectivity index (χ0v) is 22.1. The zero-order chi connectivity index (χ0) is 32.1. The zero-order valence-electron chi connectivity index (χ0n) is 20.5. The van der Waals surface area contributed by atoms with E-state index in [1.807, 2.05) is 0 Å². The van der Waals surface area contributed by atoms with Crippen molar-refractivity contribution in [2.24, 2.45) is 0 Å². The van der Waals surface area contributed by atoms with Crippen LogP contribution in [0.4, 0.5) is 43.9 Å². The minimum absolute atomic E-state index is 0.0484. The van der Waals surface area contributed by atoms with E-state index in [-0.39, 0.29) is 11.5 Å². The Balaban J connectivity index is 1.55. The van der Waals surface area contributed by atoms with Crippen LogP contribution in [0.3, 0.4) is 0 Å². The van der Waals surface area contributed by atoms with Crippen molar-refractivity contribution in [3.05, 3.63) is 82.4 Å². The quantitative estimate of drug-likeness (QED) is 0.127. The van der Waals surface area contributed by atoms with Gasteiger partial charge < -0.3 is 9.47 Å². The smallest absolute Gasteiger partial charge is 0.303 e. The van der Waals surface area contributed by atoms with Gasteiger partial charge >= 0.3 is 20.2 Å². The molecule has 0 amide bonds. The van der Waals surface area contributed by atoms with E-state index < -0.39 is 120 Å². The predicted molar refractivity (Wildman–Crippen MR) is 118 cm³/mol. The molecule has 0 spiro atoms. The van der Waals surface area contributed by atoms with Gasteiger partial charge in [0.25, 0.3) is 5.79 Å². The maximum absolute atomic E-state index is 14.0. The molecule has 1 aliphatic rings. The number of rotatable bonds is 10. The van der Waals surface area contributed by atoms with Crippen LogP contribution in [0, 0.1) is 58.2 Å². The summed E-state index contributed by atoms with van der Waals surface area (Å²) in [5.74, 6) is -28.8. The molecule has 0 atom stereocenters. The second kappa shape index (κ2) is 11.5. The number of ether oxygens (including phenoxy) is 2. The monoisotopic (exact) mass is 670 g/mol. The van der Waals surface area contributed by atoms with Gasteiger partial charge in [0.2, 0.25) is 11.6 Å². The number of hydrogen-bond donors (Lipinski definition) is 0. The number of para-hydroxylation sites is 2. The van der Waals surface area contributed by atoms with Crippen LogP contribution < -0.4 is 9.47 Å². The SMILES string of the molecule is O=S(=O)(OCCC1(CCOS(=O)(=O)c2c(F)c(F)c(F)c(F)c2F)Oc2ccccc2O1)c1c(F)c(F)c(F)c(F)c1F. The molecule has 0 aromatic heterocycles. The lowest BCUT2D eigenvalue weighted by Gasteiger charge is -2.27. The fourth-order valence-electron chi connectivity index (χ4n) is 3.71. The first-order chi connectivity index (χ1) is 19.9. The van der Waals surface area contributed by atoms with Gasteiger partial charge in [-0.3, -0.25) is 8.37 Å². The molecule has 20 heteroatoms. The van der Waals surface area contributed by atoms with Crippen molar-refractivity contribution in [3.8, 4) is 11.5 Å². The average molecular weight is 670 g/mol.